The highest BCUT2D eigenvalue weighted by Crippen LogP contribution is 2.33. The Kier molecular flexibility index (Phi) is 6.06. The molecule has 0 spiro atoms. The molecule has 1 amide bonds. The van der Waals surface area contributed by atoms with Crippen LogP contribution < -0.4 is 9.64 Å². The molecule has 1 aromatic heterocycles. The maximum absolute atomic E-state index is 13.1. The normalized spacial score (nSPS) is 16.1. The number of benzene rings is 1. The Balaban J connectivity index is 1.89. The van der Waals surface area contributed by atoms with Gasteiger partial charge in [0.25, 0.3) is 0 Å². The maximum Gasteiger partial charge on any atom is 0.242 e. The number of pyridine rings is 1. The van der Waals surface area contributed by atoms with Gasteiger partial charge in [-0.1, -0.05) is 12.1 Å². The third-order valence-corrected chi connectivity index (χ3v) is 4.37. The Labute approximate surface area is 156 Å². The van der Waals surface area contributed by atoms with Crippen molar-refractivity contribution in [2.24, 2.45) is 0 Å². The van der Waals surface area contributed by atoms with E-state index >= 15 is 0 Å². The van der Waals surface area contributed by atoms with E-state index in [2.05, 4.69) is 4.98 Å². The maximum atomic E-state index is 13.1. The van der Waals surface area contributed by atoms with E-state index in [9.17, 15) is 9.18 Å². The molecule has 0 unspecified atom stereocenters. The predicted octanol–water partition coefficient (Wildman–Crippen LogP) is 3.18. The van der Waals surface area contributed by atoms with Gasteiger partial charge >= 0.3 is 0 Å². The summed E-state index contributed by atoms with van der Waals surface area (Å²) in [6.07, 6.45) is 2.27. The van der Waals surface area contributed by atoms with E-state index in [0.29, 0.717) is 37.8 Å². The molecule has 7 heteroatoms. The Hall–Kier alpha value is -2.18. The number of aromatic nitrogens is 1. The van der Waals surface area contributed by atoms with Crippen LogP contribution in [0.2, 0.25) is 0 Å². The van der Waals surface area contributed by atoms with Gasteiger partial charge in [0.05, 0.1) is 12.6 Å². The van der Waals surface area contributed by atoms with Gasteiger partial charge in [-0.05, 0) is 42.7 Å². The molecular formula is C19H20ClFN2O3. The number of nitrogens with zero attached hydrogens (tertiary/aromatic N) is 2. The fourth-order valence-electron chi connectivity index (χ4n) is 2.93. The molecule has 1 atom stereocenters. The number of halogens is 2. The molecular weight excluding hydrogens is 359 g/mol. The first-order valence-electron chi connectivity index (χ1n) is 8.44. The minimum atomic E-state index is -0.275. The molecule has 2 aromatic rings. The summed E-state index contributed by atoms with van der Waals surface area (Å²) < 4.78 is 24.3. The highest BCUT2D eigenvalue weighted by atomic mass is 35.5. The summed E-state index contributed by atoms with van der Waals surface area (Å²) in [5, 5.41) is 0. The lowest BCUT2D eigenvalue weighted by Gasteiger charge is -2.36. The summed E-state index contributed by atoms with van der Waals surface area (Å²) in [4.78, 5) is 18.4. The van der Waals surface area contributed by atoms with Gasteiger partial charge in [-0.2, -0.15) is 0 Å². The number of carbonyl (C=O) groups excluding carboxylic acids is 1. The monoisotopic (exact) mass is 378 g/mol. The van der Waals surface area contributed by atoms with Crippen molar-refractivity contribution in [2.75, 3.05) is 30.6 Å². The molecule has 0 radical (unpaired) electrons. The number of hydrogen-bond acceptors (Lipinski definition) is 4. The van der Waals surface area contributed by atoms with Crippen molar-refractivity contribution in [1.29, 1.82) is 0 Å². The minimum absolute atomic E-state index is 0.135. The highest BCUT2D eigenvalue weighted by molar-refractivity contribution is 6.29. The first-order valence-corrected chi connectivity index (χ1v) is 8.97. The van der Waals surface area contributed by atoms with Gasteiger partial charge < -0.3 is 9.47 Å². The number of fused-ring (bicyclic) bond motifs is 1. The fourth-order valence-corrected chi connectivity index (χ4v) is 3.05. The molecule has 138 valence electrons. The molecule has 5 nitrogen and oxygen atoms in total. The van der Waals surface area contributed by atoms with Crippen LogP contribution in [-0.4, -0.2) is 42.6 Å². The number of ether oxygens (including phenoxy) is 2. The number of carbonyl (C=O) groups is 1. The van der Waals surface area contributed by atoms with E-state index in [-0.39, 0.29) is 23.6 Å². The average Bonchev–Trinajstić information content (AvgIpc) is 2.67. The molecule has 0 fully saturated rings. The predicted molar refractivity (Wildman–Crippen MR) is 97.4 cm³/mol. The van der Waals surface area contributed by atoms with Gasteiger partial charge in [0.1, 0.15) is 24.0 Å². The standard InChI is InChI=1S/C19H20ClFN2O3/c1-2-25-11-16-12-26-19-17(23(16)18(24)9-20)8-14(10-22-19)7-13-3-5-15(21)6-4-13/h3-6,8,10,16H,2,7,9,11-12H2,1H3/t16-/m0/s1. The molecule has 0 aliphatic carbocycles. The van der Waals surface area contributed by atoms with Crippen molar-refractivity contribution in [3.05, 3.63) is 53.5 Å². The van der Waals surface area contributed by atoms with E-state index in [4.69, 9.17) is 21.1 Å². The van der Waals surface area contributed by atoms with E-state index in [0.717, 1.165) is 11.1 Å². The van der Waals surface area contributed by atoms with Crippen molar-refractivity contribution in [2.45, 2.75) is 19.4 Å². The molecule has 0 bridgehead atoms. The van der Waals surface area contributed by atoms with Gasteiger partial charge in [0, 0.05) is 12.8 Å². The molecule has 1 aromatic carbocycles. The number of amides is 1. The van der Waals surface area contributed by atoms with E-state index in [1.165, 1.54) is 12.1 Å². The van der Waals surface area contributed by atoms with Gasteiger partial charge in [-0.25, -0.2) is 9.37 Å². The molecule has 3 rings (SSSR count). The molecule has 1 aliphatic heterocycles. The van der Waals surface area contributed by atoms with Crippen LogP contribution in [0.4, 0.5) is 10.1 Å². The number of rotatable bonds is 6. The Morgan fingerprint density at radius 2 is 2.15 bits per heavy atom. The first-order chi connectivity index (χ1) is 12.6. The number of alkyl halides is 1. The summed E-state index contributed by atoms with van der Waals surface area (Å²) in [5.74, 6) is -0.228. The van der Waals surface area contributed by atoms with E-state index in [1.54, 1.807) is 23.2 Å². The van der Waals surface area contributed by atoms with Crippen LogP contribution in [0.1, 0.15) is 18.1 Å². The summed E-state index contributed by atoms with van der Waals surface area (Å²) >= 11 is 5.81. The highest BCUT2D eigenvalue weighted by Gasteiger charge is 2.33. The summed E-state index contributed by atoms with van der Waals surface area (Å²) in [5.41, 5.74) is 2.43. The third kappa shape index (κ3) is 4.14. The van der Waals surface area contributed by atoms with Gasteiger partial charge in [-0.15, -0.1) is 11.6 Å². The fraction of sp³-hybridized carbons (Fsp3) is 0.368. The van der Waals surface area contributed by atoms with Crippen LogP contribution in [0, 0.1) is 5.82 Å². The van der Waals surface area contributed by atoms with Crippen molar-refractivity contribution in [3.8, 4) is 5.88 Å². The molecule has 0 saturated heterocycles. The quantitative estimate of drug-likeness (QED) is 0.724. The minimum Gasteiger partial charge on any atom is -0.474 e. The molecule has 1 aliphatic rings. The van der Waals surface area contributed by atoms with Crippen LogP contribution in [0.3, 0.4) is 0 Å². The zero-order valence-electron chi connectivity index (χ0n) is 14.5. The topological polar surface area (TPSA) is 51.7 Å². The van der Waals surface area contributed by atoms with Crippen molar-refractivity contribution in [1.82, 2.24) is 4.98 Å². The zero-order chi connectivity index (χ0) is 18.5. The summed E-state index contributed by atoms with van der Waals surface area (Å²) in [6, 6.07) is 7.91. The van der Waals surface area contributed by atoms with Crippen LogP contribution in [0.25, 0.3) is 0 Å². The van der Waals surface area contributed by atoms with E-state index < -0.39 is 0 Å². The lowest BCUT2D eigenvalue weighted by atomic mass is 10.1. The zero-order valence-corrected chi connectivity index (χ0v) is 15.2. The average molecular weight is 379 g/mol. The Bertz CT molecular complexity index is 770. The van der Waals surface area contributed by atoms with Crippen molar-refractivity contribution in [3.63, 3.8) is 0 Å². The number of anilines is 1. The summed E-state index contributed by atoms with van der Waals surface area (Å²) in [6.45, 7) is 3.11. The Morgan fingerprint density at radius 3 is 2.85 bits per heavy atom. The summed E-state index contributed by atoms with van der Waals surface area (Å²) in [7, 11) is 0. The second-order valence-corrected chi connectivity index (χ2v) is 6.26. The van der Waals surface area contributed by atoms with Crippen LogP contribution in [0.5, 0.6) is 5.88 Å². The van der Waals surface area contributed by atoms with Gasteiger partial charge in [0.15, 0.2) is 0 Å². The van der Waals surface area contributed by atoms with Crippen LogP contribution in [-0.2, 0) is 16.0 Å². The molecule has 26 heavy (non-hydrogen) atoms. The van der Waals surface area contributed by atoms with Crippen LogP contribution in [0.15, 0.2) is 36.5 Å². The lowest BCUT2D eigenvalue weighted by Crippen LogP contribution is -2.50. The largest absolute Gasteiger partial charge is 0.474 e. The van der Waals surface area contributed by atoms with Gasteiger partial charge in [-0.3, -0.25) is 9.69 Å². The smallest absolute Gasteiger partial charge is 0.242 e. The van der Waals surface area contributed by atoms with Crippen molar-refractivity contribution < 1.29 is 18.7 Å². The molecule has 2 heterocycles. The second kappa shape index (κ2) is 8.47. The molecule has 0 N–H and O–H groups in total. The van der Waals surface area contributed by atoms with E-state index in [1.807, 2.05) is 13.0 Å². The first kappa shape index (κ1) is 18.6. The Morgan fingerprint density at radius 1 is 1.38 bits per heavy atom. The second-order valence-electron chi connectivity index (χ2n) is 5.99. The van der Waals surface area contributed by atoms with Gasteiger partial charge in [0.2, 0.25) is 11.8 Å². The van der Waals surface area contributed by atoms with Crippen LogP contribution >= 0.6 is 11.6 Å². The molecule has 0 saturated carbocycles. The SMILES string of the molecule is CCOC[C@H]1COc2ncc(Cc3ccc(F)cc3)cc2N1C(=O)CCl. The lowest BCUT2D eigenvalue weighted by molar-refractivity contribution is -0.117. The third-order valence-electron chi connectivity index (χ3n) is 4.14. The number of hydrogen-bond donors (Lipinski definition) is 0. The van der Waals surface area contributed by atoms with Crippen molar-refractivity contribution >= 4 is 23.2 Å².